The Morgan fingerprint density at radius 2 is 2.05 bits per heavy atom. The Bertz CT molecular complexity index is 529. The van der Waals surface area contributed by atoms with Gasteiger partial charge < -0.3 is 4.74 Å². The highest BCUT2D eigenvalue weighted by Gasteiger charge is 2.61. The summed E-state index contributed by atoms with van der Waals surface area (Å²) in [5, 5.41) is 0. The van der Waals surface area contributed by atoms with E-state index in [2.05, 4.69) is 24.0 Å². The Morgan fingerprint density at radius 1 is 1.36 bits per heavy atom. The van der Waals surface area contributed by atoms with Gasteiger partial charge in [0, 0.05) is 25.0 Å². The van der Waals surface area contributed by atoms with Crippen molar-refractivity contribution >= 4 is 5.97 Å². The van der Waals surface area contributed by atoms with Gasteiger partial charge in [-0.2, -0.15) is 0 Å². The molecular weight excluding hydrogens is 281 g/mol. The number of carbonyl (C=O) groups is 1. The molecule has 3 rings (SSSR count). The fraction of sp³-hybridized carbons (Fsp3) is 0.611. The van der Waals surface area contributed by atoms with Crippen molar-refractivity contribution in [3.05, 3.63) is 35.9 Å². The van der Waals surface area contributed by atoms with Crippen molar-refractivity contribution in [1.82, 2.24) is 4.90 Å². The van der Waals surface area contributed by atoms with E-state index in [4.69, 9.17) is 4.74 Å². The lowest BCUT2D eigenvalue weighted by atomic mass is 9.87. The number of esters is 1. The van der Waals surface area contributed by atoms with Gasteiger partial charge in [0.15, 0.2) is 0 Å². The quantitative estimate of drug-likeness (QED) is 0.781. The summed E-state index contributed by atoms with van der Waals surface area (Å²) in [5.41, 5.74) is 0.636. The predicted octanol–water partition coefficient (Wildman–Crippen LogP) is 3.36. The standard InChI is InChI=1S/C18H24FNO2/c1-3-22-17(21)18(9-10-18)15-11-20(12-16(15)19)13(2)14-7-5-4-6-8-14/h4-8,13,15-16H,3,9-12H2,1-2H3/t13-,15-,16+/m0/s1. The molecule has 1 aliphatic carbocycles. The molecule has 1 heterocycles. The number of ether oxygens (including phenoxy) is 1. The van der Waals surface area contributed by atoms with Crippen LogP contribution in [0, 0.1) is 11.3 Å². The van der Waals surface area contributed by atoms with Crippen molar-refractivity contribution in [3.8, 4) is 0 Å². The second-order valence-electron chi connectivity index (χ2n) is 6.54. The minimum absolute atomic E-state index is 0.169. The maximum absolute atomic E-state index is 14.6. The molecule has 2 aliphatic rings. The first-order valence-corrected chi connectivity index (χ1v) is 8.19. The molecule has 1 aliphatic heterocycles. The lowest BCUT2D eigenvalue weighted by Crippen LogP contribution is -2.33. The number of carbonyl (C=O) groups excluding carboxylic acids is 1. The molecular formula is C18H24FNO2. The zero-order valence-electron chi connectivity index (χ0n) is 13.3. The van der Waals surface area contributed by atoms with Crippen LogP contribution in [0.2, 0.25) is 0 Å². The summed E-state index contributed by atoms with van der Waals surface area (Å²) in [6, 6.07) is 10.3. The van der Waals surface area contributed by atoms with E-state index < -0.39 is 11.6 Å². The van der Waals surface area contributed by atoms with E-state index >= 15 is 0 Å². The second kappa shape index (κ2) is 5.99. The van der Waals surface area contributed by atoms with Gasteiger partial charge >= 0.3 is 5.97 Å². The number of halogens is 1. The van der Waals surface area contributed by atoms with Gasteiger partial charge in [-0.1, -0.05) is 30.3 Å². The minimum Gasteiger partial charge on any atom is -0.466 e. The van der Waals surface area contributed by atoms with Gasteiger partial charge in [0.2, 0.25) is 0 Å². The molecule has 0 unspecified atom stereocenters. The molecule has 0 radical (unpaired) electrons. The first-order chi connectivity index (χ1) is 10.6. The van der Waals surface area contributed by atoms with E-state index in [0.29, 0.717) is 19.7 Å². The highest BCUT2D eigenvalue weighted by Crippen LogP contribution is 2.56. The van der Waals surface area contributed by atoms with Crippen molar-refractivity contribution in [2.45, 2.75) is 38.9 Å². The van der Waals surface area contributed by atoms with Gasteiger partial charge in [-0.05, 0) is 32.3 Å². The molecule has 2 fully saturated rings. The number of hydrogen-bond donors (Lipinski definition) is 0. The van der Waals surface area contributed by atoms with Crippen molar-refractivity contribution in [2.24, 2.45) is 11.3 Å². The molecule has 3 atom stereocenters. The first-order valence-electron chi connectivity index (χ1n) is 8.19. The van der Waals surface area contributed by atoms with Crippen LogP contribution < -0.4 is 0 Å². The van der Waals surface area contributed by atoms with E-state index in [0.717, 1.165) is 12.8 Å². The first kappa shape index (κ1) is 15.5. The van der Waals surface area contributed by atoms with Gasteiger partial charge in [-0.15, -0.1) is 0 Å². The SMILES string of the molecule is CCOC(=O)C1([C@H]2CN([C@@H](C)c3ccccc3)C[C@H]2F)CC1. The van der Waals surface area contributed by atoms with Crippen LogP contribution in [0.1, 0.15) is 38.3 Å². The molecule has 0 N–H and O–H groups in total. The molecule has 120 valence electrons. The zero-order valence-corrected chi connectivity index (χ0v) is 13.3. The summed E-state index contributed by atoms with van der Waals surface area (Å²) >= 11 is 0. The van der Waals surface area contributed by atoms with Gasteiger partial charge in [0.25, 0.3) is 0 Å². The number of rotatable bonds is 5. The summed E-state index contributed by atoms with van der Waals surface area (Å²) < 4.78 is 19.8. The molecule has 3 nitrogen and oxygen atoms in total. The van der Waals surface area contributed by atoms with Crippen LogP contribution in [0.15, 0.2) is 30.3 Å². The normalized spacial score (nSPS) is 28.3. The Kier molecular flexibility index (Phi) is 4.22. The zero-order chi connectivity index (χ0) is 15.7. The van der Waals surface area contributed by atoms with Crippen LogP contribution >= 0.6 is 0 Å². The van der Waals surface area contributed by atoms with Crippen LogP contribution in [-0.4, -0.2) is 36.7 Å². The molecule has 0 bridgehead atoms. The van der Waals surface area contributed by atoms with Crippen molar-refractivity contribution < 1.29 is 13.9 Å². The molecule has 1 saturated carbocycles. The van der Waals surface area contributed by atoms with E-state index in [9.17, 15) is 9.18 Å². The van der Waals surface area contributed by atoms with Crippen molar-refractivity contribution in [3.63, 3.8) is 0 Å². The Morgan fingerprint density at radius 3 is 2.64 bits per heavy atom. The monoisotopic (exact) mass is 305 g/mol. The topological polar surface area (TPSA) is 29.5 Å². The molecule has 1 saturated heterocycles. The van der Waals surface area contributed by atoms with Gasteiger partial charge in [-0.25, -0.2) is 4.39 Å². The lowest BCUT2D eigenvalue weighted by molar-refractivity contribution is -0.152. The fourth-order valence-corrected chi connectivity index (χ4v) is 3.71. The lowest BCUT2D eigenvalue weighted by Gasteiger charge is -2.26. The van der Waals surface area contributed by atoms with Crippen LogP contribution in [-0.2, 0) is 9.53 Å². The number of alkyl halides is 1. The smallest absolute Gasteiger partial charge is 0.312 e. The van der Waals surface area contributed by atoms with Crippen molar-refractivity contribution in [1.29, 1.82) is 0 Å². The largest absolute Gasteiger partial charge is 0.466 e. The highest BCUT2D eigenvalue weighted by molar-refractivity contribution is 5.80. The molecule has 0 amide bonds. The maximum Gasteiger partial charge on any atom is 0.312 e. The molecule has 4 heteroatoms. The number of nitrogens with zero attached hydrogens (tertiary/aromatic N) is 1. The molecule has 0 spiro atoms. The Labute approximate surface area is 131 Å². The highest BCUT2D eigenvalue weighted by atomic mass is 19.1. The summed E-state index contributed by atoms with van der Waals surface area (Å²) in [6.45, 7) is 5.32. The molecule has 0 aromatic heterocycles. The predicted molar refractivity (Wildman–Crippen MR) is 83.1 cm³/mol. The van der Waals surface area contributed by atoms with Crippen LogP contribution in [0.25, 0.3) is 0 Å². The van der Waals surface area contributed by atoms with E-state index in [-0.39, 0.29) is 17.9 Å². The van der Waals surface area contributed by atoms with Crippen molar-refractivity contribution in [2.75, 3.05) is 19.7 Å². The van der Waals surface area contributed by atoms with Gasteiger partial charge in [-0.3, -0.25) is 9.69 Å². The van der Waals surface area contributed by atoms with Gasteiger partial charge in [0.1, 0.15) is 6.17 Å². The average molecular weight is 305 g/mol. The molecule has 1 aromatic rings. The number of benzene rings is 1. The molecule has 22 heavy (non-hydrogen) atoms. The second-order valence-corrected chi connectivity index (χ2v) is 6.54. The summed E-state index contributed by atoms with van der Waals surface area (Å²) in [7, 11) is 0. The van der Waals surface area contributed by atoms with E-state index in [1.165, 1.54) is 5.56 Å². The third-order valence-corrected chi connectivity index (χ3v) is 5.29. The average Bonchev–Trinajstić information content (AvgIpc) is 3.25. The third kappa shape index (κ3) is 2.65. The fourth-order valence-electron chi connectivity index (χ4n) is 3.71. The van der Waals surface area contributed by atoms with Crippen LogP contribution in [0.4, 0.5) is 4.39 Å². The summed E-state index contributed by atoms with van der Waals surface area (Å²) in [4.78, 5) is 14.4. The maximum atomic E-state index is 14.6. The Balaban J connectivity index is 1.71. The van der Waals surface area contributed by atoms with Crippen LogP contribution in [0.3, 0.4) is 0 Å². The Hall–Kier alpha value is -1.42. The molecule has 1 aromatic carbocycles. The van der Waals surface area contributed by atoms with Gasteiger partial charge in [0.05, 0.1) is 12.0 Å². The minimum atomic E-state index is -0.946. The van der Waals surface area contributed by atoms with E-state index in [1.54, 1.807) is 6.92 Å². The summed E-state index contributed by atoms with van der Waals surface area (Å²) in [6.07, 6.45) is 0.590. The number of hydrogen-bond acceptors (Lipinski definition) is 3. The van der Waals surface area contributed by atoms with Crippen LogP contribution in [0.5, 0.6) is 0 Å². The number of likely N-dealkylation sites (tertiary alicyclic amines) is 1. The third-order valence-electron chi connectivity index (χ3n) is 5.29. The van der Waals surface area contributed by atoms with E-state index in [1.807, 2.05) is 18.2 Å². The summed E-state index contributed by atoms with van der Waals surface area (Å²) in [5.74, 6) is -0.422.